The summed E-state index contributed by atoms with van der Waals surface area (Å²) in [6, 6.07) is 2.42. The molecule has 0 saturated carbocycles. The van der Waals surface area contributed by atoms with Gasteiger partial charge >= 0.3 is 6.09 Å². The van der Waals surface area contributed by atoms with Gasteiger partial charge in [-0.1, -0.05) is 17.7 Å². The van der Waals surface area contributed by atoms with Crippen molar-refractivity contribution in [2.75, 3.05) is 5.75 Å². The second-order valence-electron chi connectivity index (χ2n) is 8.29. The van der Waals surface area contributed by atoms with E-state index in [0.717, 1.165) is 42.0 Å². The fourth-order valence-electron chi connectivity index (χ4n) is 4.38. The highest BCUT2D eigenvalue weighted by Gasteiger charge is 2.46. The van der Waals surface area contributed by atoms with E-state index in [1.165, 1.54) is 5.57 Å². The van der Waals surface area contributed by atoms with Crippen molar-refractivity contribution in [3.8, 4) is 0 Å². The Balaban J connectivity index is 1.53. The molecule has 1 aromatic rings. The molecule has 2 fully saturated rings. The van der Waals surface area contributed by atoms with Gasteiger partial charge in [0.25, 0.3) is 0 Å². The number of aromatic nitrogens is 2. The molecule has 0 aliphatic carbocycles. The molecular formula is C19H24ClN3O2S. The summed E-state index contributed by atoms with van der Waals surface area (Å²) in [4.78, 5) is 15.8. The second-order valence-corrected chi connectivity index (χ2v) is 9.74. The number of hydrogen-bond acceptors (Lipinski definition) is 5. The highest BCUT2D eigenvalue weighted by molar-refractivity contribution is 7.99. The highest BCUT2D eigenvalue weighted by atomic mass is 35.5. The van der Waals surface area contributed by atoms with Gasteiger partial charge in [0.1, 0.15) is 11.3 Å². The number of rotatable bonds is 1. The van der Waals surface area contributed by atoms with Gasteiger partial charge in [-0.3, -0.25) is 0 Å². The van der Waals surface area contributed by atoms with E-state index < -0.39 is 5.60 Å². The molecule has 26 heavy (non-hydrogen) atoms. The Morgan fingerprint density at radius 1 is 1.27 bits per heavy atom. The first-order chi connectivity index (χ1) is 12.3. The van der Waals surface area contributed by atoms with E-state index in [2.05, 4.69) is 16.3 Å². The summed E-state index contributed by atoms with van der Waals surface area (Å²) in [7, 11) is 0. The number of allylic oxidation sites excluding steroid dienone is 1. The van der Waals surface area contributed by atoms with Crippen molar-refractivity contribution in [1.82, 2.24) is 15.1 Å². The van der Waals surface area contributed by atoms with Crippen LogP contribution in [0.5, 0.6) is 0 Å². The summed E-state index contributed by atoms with van der Waals surface area (Å²) >= 11 is 7.76. The molecule has 0 N–H and O–H groups in total. The molecule has 2 unspecified atom stereocenters. The molecule has 3 aliphatic heterocycles. The second kappa shape index (κ2) is 6.71. The van der Waals surface area contributed by atoms with Gasteiger partial charge in [0.2, 0.25) is 0 Å². The summed E-state index contributed by atoms with van der Waals surface area (Å²) < 4.78 is 5.64. The lowest BCUT2D eigenvalue weighted by molar-refractivity contribution is 0.00490. The maximum absolute atomic E-state index is 12.6. The highest BCUT2D eigenvalue weighted by Crippen LogP contribution is 2.46. The zero-order valence-corrected chi connectivity index (χ0v) is 16.9. The summed E-state index contributed by atoms with van der Waals surface area (Å²) in [5, 5.41) is 8.87. The van der Waals surface area contributed by atoms with Crippen LogP contribution in [0.3, 0.4) is 0 Å². The van der Waals surface area contributed by atoms with E-state index in [0.29, 0.717) is 11.1 Å². The van der Waals surface area contributed by atoms with E-state index in [4.69, 9.17) is 16.3 Å². The molecule has 7 heteroatoms. The van der Waals surface area contributed by atoms with Crippen LogP contribution >= 0.6 is 23.4 Å². The molecule has 140 valence electrons. The van der Waals surface area contributed by atoms with Gasteiger partial charge in [0.05, 0.1) is 0 Å². The van der Waals surface area contributed by atoms with Gasteiger partial charge in [-0.25, -0.2) is 4.79 Å². The maximum atomic E-state index is 12.6. The molecule has 1 aromatic heterocycles. The number of nitrogens with zero attached hydrogens (tertiary/aromatic N) is 3. The first kappa shape index (κ1) is 18.1. The standard InChI is InChI=1S/C19H24ClN3O2S/c1-19(2,3)25-18(24)23-12-4-5-13(23)9-11(8-12)14-6-7-26-15-10-16(20)21-22-17(14)15/h6,10-13H,4-5,7-9H2,1-3H3/t11?,12-,13?/m0/s1. The Kier molecular flexibility index (Phi) is 4.68. The third-order valence-corrected chi connectivity index (χ3v) is 6.46. The van der Waals surface area contributed by atoms with Crippen LogP contribution in [0.4, 0.5) is 4.79 Å². The van der Waals surface area contributed by atoms with E-state index in [9.17, 15) is 4.79 Å². The number of hydrogen-bond donors (Lipinski definition) is 0. The Labute approximate surface area is 163 Å². The van der Waals surface area contributed by atoms with E-state index in [1.54, 1.807) is 11.8 Å². The largest absolute Gasteiger partial charge is 0.444 e. The van der Waals surface area contributed by atoms with Gasteiger partial charge in [-0.15, -0.1) is 22.0 Å². The molecule has 4 heterocycles. The fraction of sp³-hybridized carbons (Fsp3) is 0.632. The van der Waals surface area contributed by atoms with Crippen molar-refractivity contribution in [1.29, 1.82) is 0 Å². The number of halogens is 1. The third kappa shape index (κ3) is 3.46. The van der Waals surface area contributed by atoms with Crippen molar-refractivity contribution in [3.63, 3.8) is 0 Å². The SMILES string of the molecule is CC(C)(C)OC(=O)N1C2CC[C@H]1CC(C1=CCSc3cc(Cl)nnc31)C2. The average molecular weight is 394 g/mol. The van der Waals surface area contributed by atoms with Crippen molar-refractivity contribution in [2.24, 2.45) is 5.92 Å². The summed E-state index contributed by atoms with van der Waals surface area (Å²) in [6.45, 7) is 5.76. The molecule has 0 spiro atoms. The maximum Gasteiger partial charge on any atom is 0.410 e. The first-order valence-corrected chi connectivity index (χ1v) is 10.6. The molecule has 0 aromatic carbocycles. The normalized spacial score (nSPS) is 27.8. The van der Waals surface area contributed by atoms with Crippen LogP contribution in [0.1, 0.15) is 52.1 Å². The zero-order valence-electron chi connectivity index (χ0n) is 15.4. The number of amides is 1. The Morgan fingerprint density at radius 3 is 2.62 bits per heavy atom. The zero-order chi connectivity index (χ0) is 18.5. The number of carbonyl (C=O) groups is 1. The van der Waals surface area contributed by atoms with Crippen molar-refractivity contribution >= 4 is 35.0 Å². The smallest absolute Gasteiger partial charge is 0.410 e. The Morgan fingerprint density at radius 2 is 1.96 bits per heavy atom. The molecule has 3 atom stereocenters. The molecule has 0 radical (unpaired) electrons. The molecule has 4 rings (SSSR count). The molecule has 2 saturated heterocycles. The monoisotopic (exact) mass is 393 g/mol. The van der Waals surface area contributed by atoms with Gasteiger partial charge in [0.15, 0.2) is 5.15 Å². The van der Waals surface area contributed by atoms with Crippen molar-refractivity contribution < 1.29 is 9.53 Å². The number of ether oxygens (including phenoxy) is 1. The Bertz CT molecular complexity index is 748. The lowest BCUT2D eigenvalue weighted by Crippen LogP contribution is -2.48. The number of piperidine rings is 1. The average Bonchev–Trinajstić information content (AvgIpc) is 2.83. The lowest BCUT2D eigenvalue weighted by atomic mass is 9.83. The lowest BCUT2D eigenvalue weighted by Gasteiger charge is -2.40. The number of thioether (sulfide) groups is 1. The van der Waals surface area contributed by atoms with Crippen LogP contribution in [0, 0.1) is 5.92 Å². The van der Waals surface area contributed by atoms with E-state index in [-0.39, 0.29) is 18.2 Å². The van der Waals surface area contributed by atoms with Crippen LogP contribution in [-0.2, 0) is 4.74 Å². The minimum Gasteiger partial charge on any atom is -0.444 e. The molecule has 2 bridgehead atoms. The summed E-state index contributed by atoms with van der Waals surface area (Å²) in [5.74, 6) is 1.35. The van der Waals surface area contributed by atoms with Crippen LogP contribution < -0.4 is 0 Å². The number of fused-ring (bicyclic) bond motifs is 3. The molecule has 3 aliphatic rings. The van der Waals surface area contributed by atoms with E-state index in [1.807, 2.05) is 31.7 Å². The van der Waals surface area contributed by atoms with Crippen LogP contribution in [0.15, 0.2) is 17.0 Å². The first-order valence-electron chi connectivity index (χ1n) is 9.19. The summed E-state index contributed by atoms with van der Waals surface area (Å²) in [5.41, 5.74) is 1.80. The third-order valence-electron chi connectivity index (χ3n) is 5.32. The quantitative estimate of drug-likeness (QED) is 0.686. The minimum atomic E-state index is -0.454. The predicted octanol–water partition coefficient (Wildman–Crippen LogP) is 4.80. The molecular weight excluding hydrogens is 370 g/mol. The van der Waals surface area contributed by atoms with Crippen LogP contribution in [-0.4, -0.2) is 44.6 Å². The molecule has 5 nitrogen and oxygen atoms in total. The molecule has 1 amide bonds. The topological polar surface area (TPSA) is 55.3 Å². The van der Waals surface area contributed by atoms with Gasteiger partial charge < -0.3 is 9.64 Å². The van der Waals surface area contributed by atoms with Crippen LogP contribution in [0.2, 0.25) is 5.15 Å². The summed E-state index contributed by atoms with van der Waals surface area (Å²) in [6.07, 6.45) is 6.17. The van der Waals surface area contributed by atoms with Gasteiger partial charge in [-0.05, 0) is 64.0 Å². The van der Waals surface area contributed by atoms with Crippen molar-refractivity contribution in [2.45, 2.75) is 69.0 Å². The van der Waals surface area contributed by atoms with Gasteiger partial charge in [-0.2, -0.15) is 0 Å². The minimum absolute atomic E-state index is 0.163. The van der Waals surface area contributed by atoms with Crippen molar-refractivity contribution in [3.05, 3.63) is 23.0 Å². The Hall–Kier alpha value is -1.27. The van der Waals surface area contributed by atoms with Crippen LogP contribution in [0.25, 0.3) is 5.57 Å². The van der Waals surface area contributed by atoms with E-state index >= 15 is 0 Å². The fourth-order valence-corrected chi connectivity index (χ4v) is 5.53. The van der Waals surface area contributed by atoms with Gasteiger partial charge in [0, 0.05) is 22.7 Å². The predicted molar refractivity (Wildman–Crippen MR) is 103 cm³/mol. The number of carbonyl (C=O) groups excluding carboxylic acids is 1.